The molecular formula is C7H18N2O. The Bertz CT molecular complexity index is 68.6. The Kier molecular flexibility index (Phi) is 6.91. The Balaban J connectivity index is 3.21. The minimum Gasteiger partial charge on any atom is -0.381 e. The van der Waals surface area contributed by atoms with Crippen LogP contribution in [-0.4, -0.2) is 32.0 Å². The molecule has 10 heavy (non-hydrogen) atoms. The van der Waals surface area contributed by atoms with E-state index in [0.717, 1.165) is 19.5 Å². The van der Waals surface area contributed by atoms with Gasteiger partial charge in [0.1, 0.15) is 0 Å². The van der Waals surface area contributed by atoms with E-state index in [9.17, 15) is 0 Å². The Morgan fingerprint density at radius 2 is 2.10 bits per heavy atom. The van der Waals surface area contributed by atoms with E-state index in [1.807, 2.05) is 7.05 Å². The fourth-order valence-electron chi connectivity index (χ4n) is 0.918. The normalized spacial score (nSPS) is 13.5. The molecule has 0 saturated carbocycles. The van der Waals surface area contributed by atoms with Gasteiger partial charge in [0.2, 0.25) is 0 Å². The van der Waals surface area contributed by atoms with Crippen LogP contribution in [0.5, 0.6) is 0 Å². The quantitative estimate of drug-likeness (QED) is 0.454. The molecule has 3 heteroatoms. The van der Waals surface area contributed by atoms with Gasteiger partial charge >= 0.3 is 0 Å². The van der Waals surface area contributed by atoms with Gasteiger partial charge in [-0.1, -0.05) is 13.3 Å². The number of aliphatic hydroxyl groups is 1. The van der Waals surface area contributed by atoms with Crippen LogP contribution >= 0.6 is 0 Å². The smallest absolute Gasteiger partial charge is 0.0931 e. The van der Waals surface area contributed by atoms with E-state index in [4.69, 9.17) is 5.11 Å². The Labute approximate surface area is 62.8 Å². The zero-order valence-corrected chi connectivity index (χ0v) is 6.85. The third-order valence-electron chi connectivity index (χ3n) is 1.61. The predicted octanol–water partition coefficient (Wildman–Crippen LogP) is -0.229. The molecule has 0 radical (unpaired) electrons. The number of rotatable bonds is 6. The minimum atomic E-state index is 0.0835. The van der Waals surface area contributed by atoms with Crippen molar-refractivity contribution in [3.8, 4) is 0 Å². The molecule has 0 aromatic heterocycles. The van der Waals surface area contributed by atoms with Crippen molar-refractivity contribution >= 4 is 0 Å². The van der Waals surface area contributed by atoms with Gasteiger partial charge in [-0.25, -0.2) is 0 Å². The number of nitrogens with one attached hydrogen (secondary N) is 2. The number of aliphatic hydroxyl groups excluding tert-OH is 1. The zero-order valence-electron chi connectivity index (χ0n) is 6.85. The van der Waals surface area contributed by atoms with E-state index in [0.29, 0.717) is 5.92 Å². The van der Waals surface area contributed by atoms with Gasteiger partial charge in [0.25, 0.3) is 0 Å². The first-order chi connectivity index (χ1) is 4.85. The average Bonchev–Trinajstić information content (AvgIpc) is 1.98. The van der Waals surface area contributed by atoms with Crippen LogP contribution in [0.2, 0.25) is 0 Å². The average molecular weight is 146 g/mol. The molecule has 0 rings (SSSR count). The summed E-state index contributed by atoms with van der Waals surface area (Å²) in [7, 11) is 1.95. The van der Waals surface area contributed by atoms with Gasteiger partial charge in [0.15, 0.2) is 0 Å². The van der Waals surface area contributed by atoms with Gasteiger partial charge in [-0.3, -0.25) is 5.32 Å². The molecule has 62 valence electrons. The molecule has 0 heterocycles. The van der Waals surface area contributed by atoms with Crippen molar-refractivity contribution in [1.29, 1.82) is 0 Å². The monoisotopic (exact) mass is 146 g/mol. The summed E-state index contributed by atoms with van der Waals surface area (Å²) in [6.45, 7) is 4.15. The van der Waals surface area contributed by atoms with Crippen molar-refractivity contribution in [2.24, 2.45) is 5.92 Å². The standard InChI is InChI=1S/C7H18N2O/c1-3-7(4-8-2)5-9-6-10/h7-10H,3-6H2,1-2H3/t7-/m1/s1. The highest BCUT2D eigenvalue weighted by molar-refractivity contribution is 4.60. The van der Waals surface area contributed by atoms with Crippen molar-refractivity contribution in [3.05, 3.63) is 0 Å². The van der Waals surface area contributed by atoms with Gasteiger partial charge in [0.05, 0.1) is 6.73 Å². The molecule has 3 nitrogen and oxygen atoms in total. The molecule has 0 aromatic carbocycles. The van der Waals surface area contributed by atoms with Crippen molar-refractivity contribution in [2.45, 2.75) is 13.3 Å². The minimum absolute atomic E-state index is 0.0835. The number of hydrogen-bond acceptors (Lipinski definition) is 3. The second kappa shape index (κ2) is 6.99. The van der Waals surface area contributed by atoms with Crippen LogP contribution in [0.25, 0.3) is 0 Å². The molecule has 1 atom stereocenters. The van der Waals surface area contributed by atoms with E-state index in [-0.39, 0.29) is 6.73 Å². The molecular weight excluding hydrogens is 128 g/mol. The van der Waals surface area contributed by atoms with Crippen molar-refractivity contribution in [3.63, 3.8) is 0 Å². The largest absolute Gasteiger partial charge is 0.381 e. The highest BCUT2D eigenvalue weighted by Crippen LogP contribution is 1.97. The van der Waals surface area contributed by atoms with Crippen LogP contribution in [-0.2, 0) is 0 Å². The lowest BCUT2D eigenvalue weighted by Gasteiger charge is -2.13. The first kappa shape index (κ1) is 9.88. The van der Waals surface area contributed by atoms with Crippen molar-refractivity contribution in [1.82, 2.24) is 10.6 Å². The van der Waals surface area contributed by atoms with Crippen LogP contribution in [0.3, 0.4) is 0 Å². The first-order valence-electron chi connectivity index (χ1n) is 3.81. The second-order valence-corrected chi connectivity index (χ2v) is 2.44. The summed E-state index contributed by atoms with van der Waals surface area (Å²) in [5, 5.41) is 14.5. The first-order valence-corrected chi connectivity index (χ1v) is 3.81. The molecule has 0 aliphatic carbocycles. The molecule has 0 spiro atoms. The molecule has 0 bridgehead atoms. The van der Waals surface area contributed by atoms with Crippen LogP contribution in [0.4, 0.5) is 0 Å². The molecule has 0 amide bonds. The van der Waals surface area contributed by atoms with E-state index < -0.39 is 0 Å². The molecule has 0 fully saturated rings. The lowest BCUT2D eigenvalue weighted by molar-refractivity contribution is 0.248. The topological polar surface area (TPSA) is 44.3 Å². The Morgan fingerprint density at radius 1 is 1.40 bits per heavy atom. The highest BCUT2D eigenvalue weighted by Gasteiger charge is 2.02. The van der Waals surface area contributed by atoms with Crippen LogP contribution in [0.1, 0.15) is 13.3 Å². The third-order valence-corrected chi connectivity index (χ3v) is 1.61. The van der Waals surface area contributed by atoms with Crippen LogP contribution < -0.4 is 10.6 Å². The Morgan fingerprint density at radius 3 is 2.50 bits per heavy atom. The maximum atomic E-state index is 8.45. The number of hydrogen-bond donors (Lipinski definition) is 3. The third kappa shape index (κ3) is 4.73. The summed E-state index contributed by atoms with van der Waals surface area (Å²) in [6, 6.07) is 0. The van der Waals surface area contributed by atoms with Gasteiger partial charge in [0, 0.05) is 6.54 Å². The van der Waals surface area contributed by atoms with Gasteiger partial charge in [-0.2, -0.15) is 0 Å². The second-order valence-electron chi connectivity index (χ2n) is 2.44. The molecule has 0 aliphatic heterocycles. The fraction of sp³-hybridized carbons (Fsp3) is 1.00. The van der Waals surface area contributed by atoms with Gasteiger partial charge in [-0.15, -0.1) is 0 Å². The van der Waals surface area contributed by atoms with Gasteiger partial charge in [-0.05, 0) is 19.5 Å². The van der Waals surface area contributed by atoms with E-state index in [1.54, 1.807) is 0 Å². The zero-order chi connectivity index (χ0) is 7.82. The summed E-state index contributed by atoms with van der Waals surface area (Å²) in [4.78, 5) is 0. The molecule has 0 aromatic rings. The lowest BCUT2D eigenvalue weighted by Crippen LogP contribution is -2.29. The summed E-state index contributed by atoms with van der Waals surface area (Å²) >= 11 is 0. The van der Waals surface area contributed by atoms with Gasteiger partial charge < -0.3 is 10.4 Å². The Hall–Kier alpha value is -0.120. The summed E-state index contributed by atoms with van der Waals surface area (Å²) in [6.07, 6.45) is 1.15. The SMILES string of the molecule is CC[C@H](CNC)CNCO. The van der Waals surface area contributed by atoms with Crippen LogP contribution in [0, 0.1) is 5.92 Å². The molecule has 0 saturated heterocycles. The van der Waals surface area contributed by atoms with Crippen molar-refractivity contribution in [2.75, 3.05) is 26.9 Å². The highest BCUT2D eigenvalue weighted by atomic mass is 16.3. The van der Waals surface area contributed by atoms with E-state index in [2.05, 4.69) is 17.6 Å². The summed E-state index contributed by atoms with van der Waals surface area (Å²) < 4.78 is 0. The lowest BCUT2D eigenvalue weighted by atomic mass is 10.1. The maximum Gasteiger partial charge on any atom is 0.0931 e. The van der Waals surface area contributed by atoms with E-state index in [1.165, 1.54) is 0 Å². The fourth-order valence-corrected chi connectivity index (χ4v) is 0.918. The molecule has 0 unspecified atom stereocenters. The predicted molar refractivity (Wildman–Crippen MR) is 42.8 cm³/mol. The van der Waals surface area contributed by atoms with Crippen molar-refractivity contribution < 1.29 is 5.11 Å². The molecule has 3 N–H and O–H groups in total. The maximum absolute atomic E-state index is 8.45. The van der Waals surface area contributed by atoms with Crippen LogP contribution in [0.15, 0.2) is 0 Å². The molecule has 0 aliphatic rings. The summed E-state index contributed by atoms with van der Waals surface area (Å²) in [5.74, 6) is 0.636. The summed E-state index contributed by atoms with van der Waals surface area (Å²) in [5.41, 5.74) is 0. The van der Waals surface area contributed by atoms with E-state index >= 15 is 0 Å².